The number of carbonyl (C=O) groups excluding carboxylic acids is 2. The van der Waals surface area contributed by atoms with E-state index in [-0.39, 0.29) is 18.4 Å². The van der Waals surface area contributed by atoms with Crippen molar-refractivity contribution in [3.8, 4) is 11.5 Å². The van der Waals surface area contributed by atoms with Crippen LogP contribution in [0.1, 0.15) is 53.5 Å². The molecule has 6 nitrogen and oxygen atoms in total. The number of nitrogens with zero attached hydrogens (tertiary/aromatic N) is 1. The fraction of sp³-hybridized carbons (Fsp3) is 0.500. The molecule has 30 heavy (non-hydrogen) atoms. The van der Waals surface area contributed by atoms with Crippen LogP contribution in [-0.4, -0.2) is 43.1 Å². The van der Waals surface area contributed by atoms with Gasteiger partial charge in [-0.2, -0.15) is 0 Å². The fourth-order valence-electron chi connectivity index (χ4n) is 3.29. The molecule has 1 amide bonds. The number of ether oxygens (including phenoxy) is 3. The molecule has 0 aliphatic carbocycles. The molecular weight excluding hydrogens is 382 g/mol. The van der Waals surface area contributed by atoms with Gasteiger partial charge in [0.2, 0.25) is 0 Å². The van der Waals surface area contributed by atoms with Crippen molar-refractivity contribution >= 4 is 18.0 Å². The Morgan fingerprint density at radius 3 is 2.43 bits per heavy atom. The van der Waals surface area contributed by atoms with Crippen LogP contribution in [0.3, 0.4) is 0 Å². The minimum absolute atomic E-state index is 0.187. The van der Waals surface area contributed by atoms with Crippen molar-refractivity contribution in [2.24, 2.45) is 5.92 Å². The van der Waals surface area contributed by atoms with Gasteiger partial charge in [0.25, 0.3) is 5.91 Å². The lowest BCUT2D eigenvalue weighted by Crippen LogP contribution is -2.28. The highest BCUT2D eigenvalue weighted by atomic mass is 16.5. The monoisotopic (exact) mass is 415 g/mol. The number of allylic oxidation sites excluding steroid dienone is 1. The van der Waals surface area contributed by atoms with Crippen molar-refractivity contribution in [1.29, 1.82) is 0 Å². The van der Waals surface area contributed by atoms with E-state index in [1.165, 1.54) is 0 Å². The molecule has 1 aromatic rings. The Labute approximate surface area is 179 Å². The normalized spacial score (nSPS) is 15.4. The molecular formula is C24H33NO5. The van der Waals surface area contributed by atoms with Crippen molar-refractivity contribution in [1.82, 2.24) is 4.90 Å². The van der Waals surface area contributed by atoms with Gasteiger partial charge in [-0.3, -0.25) is 4.79 Å². The average molecular weight is 416 g/mol. The number of hydrogen-bond acceptors (Lipinski definition) is 5. The molecule has 0 aromatic heterocycles. The van der Waals surface area contributed by atoms with Crippen molar-refractivity contribution in [2.45, 2.75) is 48.0 Å². The number of carbonyl (C=O) groups is 2. The van der Waals surface area contributed by atoms with Gasteiger partial charge < -0.3 is 19.1 Å². The molecule has 0 radical (unpaired) electrons. The second kappa shape index (κ2) is 10.9. The highest BCUT2D eigenvalue weighted by Crippen LogP contribution is 2.34. The second-order valence-electron chi connectivity index (χ2n) is 7.54. The summed E-state index contributed by atoms with van der Waals surface area (Å²) in [5.41, 5.74) is 2.06. The summed E-state index contributed by atoms with van der Waals surface area (Å²) >= 11 is 0. The molecule has 164 valence electrons. The Hall–Kier alpha value is -2.76. The molecule has 2 rings (SSSR count). The first-order valence-electron chi connectivity index (χ1n) is 10.6. The van der Waals surface area contributed by atoms with Crippen molar-refractivity contribution < 1.29 is 23.8 Å². The minimum atomic E-state index is -0.478. The molecule has 0 unspecified atom stereocenters. The van der Waals surface area contributed by atoms with E-state index in [2.05, 4.69) is 0 Å². The van der Waals surface area contributed by atoms with Crippen LogP contribution in [0.2, 0.25) is 0 Å². The minimum Gasteiger partial charge on any atom is -0.490 e. The predicted molar refractivity (Wildman–Crippen MR) is 117 cm³/mol. The summed E-state index contributed by atoms with van der Waals surface area (Å²) < 4.78 is 16.7. The summed E-state index contributed by atoms with van der Waals surface area (Å²) in [4.78, 5) is 27.4. The number of benzene rings is 1. The third-order valence-corrected chi connectivity index (χ3v) is 4.58. The number of hydrogen-bond donors (Lipinski definition) is 0. The van der Waals surface area contributed by atoms with Gasteiger partial charge in [-0.05, 0) is 56.9 Å². The summed E-state index contributed by atoms with van der Waals surface area (Å²) in [5, 5.41) is 0. The quantitative estimate of drug-likeness (QED) is 0.413. The molecule has 0 saturated heterocycles. The van der Waals surface area contributed by atoms with E-state index < -0.39 is 5.97 Å². The number of amides is 1. The molecule has 1 aromatic carbocycles. The van der Waals surface area contributed by atoms with Crippen molar-refractivity contribution in [3.63, 3.8) is 0 Å². The second-order valence-corrected chi connectivity index (χ2v) is 7.54. The van der Waals surface area contributed by atoms with E-state index in [9.17, 15) is 9.59 Å². The van der Waals surface area contributed by atoms with Crippen LogP contribution in [0.4, 0.5) is 0 Å². The number of esters is 1. The average Bonchev–Trinajstić information content (AvgIpc) is 2.92. The first kappa shape index (κ1) is 23.5. The third kappa shape index (κ3) is 5.43. The van der Waals surface area contributed by atoms with Gasteiger partial charge in [0.05, 0.1) is 31.0 Å². The summed E-state index contributed by atoms with van der Waals surface area (Å²) in [6.07, 6.45) is 2.62. The summed E-state index contributed by atoms with van der Waals surface area (Å²) in [6.45, 7) is 13.4. The molecule has 0 N–H and O–H groups in total. The lowest BCUT2D eigenvalue weighted by molar-refractivity contribution is -0.138. The Morgan fingerprint density at radius 1 is 1.10 bits per heavy atom. The van der Waals surface area contributed by atoms with Crippen molar-refractivity contribution in [2.75, 3.05) is 26.4 Å². The predicted octanol–water partition coefficient (Wildman–Crippen LogP) is 4.59. The molecule has 0 atom stereocenters. The van der Waals surface area contributed by atoms with Crippen LogP contribution < -0.4 is 9.47 Å². The largest absolute Gasteiger partial charge is 0.490 e. The smallest absolute Gasteiger partial charge is 0.340 e. The topological polar surface area (TPSA) is 65.1 Å². The summed E-state index contributed by atoms with van der Waals surface area (Å²) in [5.74, 6) is 0.883. The van der Waals surface area contributed by atoms with Crippen LogP contribution in [0, 0.1) is 5.92 Å². The van der Waals surface area contributed by atoms with E-state index in [4.69, 9.17) is 14.2 Å². The fourth-order valence-corrected chi connectivity index (χ4v) is 3.29. The molecule has 1 aliphatic heterocycles. The van der Waals surface area contributed by atoms with Gasteiger partial charge in [0, 0.05) is 12.2 Å². The maximum absolute atomic E-state index is 13.1. The lowest BCUT2D eigenvalue weighted by atomic mass is 10.0. The zero-order valence-corrected chi connectivity index (χ0v) is 18.9. The first-order chi connectivity index (χ1) is 14.3. The van der Waals surface area contributed by atoms with E-state index in [0.717, 1.165) is 12.0 Å². The Morgan fingerprint density at radius 2 is 1.83 bits per heavy atom. The summed E-state index contributed by atoms with van der Waals surface area (Å²) in [7, 11) is 0. The molecule has 0 bridgehead atoms. The Balaban J connectivity index is 2.49. The molecule has 0 spiro atoms. The SMILES string of the molecule is CCCOc1ccc(C=C2C(=O)N(CC(C)C)C(C)=C2C(=O)OCC)cc1OCC. The Kier molecular flexibility index (Phi) is 8.51. The molecule has 6 heteroatoms. The molecule has 1 heterocycles. The van der Waals surface area contributed by atoms with E-state index in [0.29, 0.717) is 48.1 Å². The zero-order chi connectivity index (χ0) is 22.3. The zero-order valence-electron chi connectivity index (χ0n) is 18.9. The van der Waals surface area contributed by atoms with Crippen LogP contribution in [0.15, 0.2) is 35.0 Å². The first-order valence-corrected chi connectivity index (χ1v) is 10.6. The molecule has 0 saturated carbocycles. The van der Waals surface area contributed by atoms with Crippen LogP contribution in [0.5, 0.6) is 11.5 Å². The van der Waals surface area contributed by atoms with Crippen LogP contribution in [-0.2, 0) is 14.3 Å². The van der Waals surface area contributed by atoms with E-state index in [1.807, 2.05) is 45.9 Å². The van der Waals surface area contributed by atoms with Gasteiger partial charge in [-0.1, -0.05) is 26.8 Å². The van der Waals surface area contributed by atoms with E-state index >= 15 is 0 Å². The maximum atomic E-state index is 13.1. The van der Waals surface area contributed by atoms with Gasteiger partial charge in [0.1, 0.15) is 0 Å². The molecule has 1 aliphatic rings. The standard InChI is InChI=1S/C24H33NO5/c1-7-12-30-20-11-10-18(14-21(20)28-8-2)13-19-22(24(27)29-9-3)17(6)25(23(19)26)15-16(4)5/h10-11,13-14,16H,7-9,12,15H2,1-6H3. The summed E-state index contributed by atoms with van der Waals surface area (Å²) in [6, 6.07) is 5.52. The van der Waals surface area contributed by atoms with Gasteiger partial charge in [-0.25, -0.2) is 4.79 Å². The molecule has 0 fully saturated rings. The van der Waals surface area contributed by atoms with Gasteiger partial charge >= 0.3 is 5.97 Å². The van der Waals surface area contributed by atoms with Gasteiger partial charge in [0.15, 0.2) is 11.5 Å². The van der Waals surface area contributed by atoms with Crippen LogP contribution >= 0.6 is 0 Å². The number of rotatable bonds is 10. The Bertz CT molecular complexity index is 838. The van der Waals surface area contributed by atoms with E-state index in [1.54, 1.807) is 24.8 Å². The van der Waals surface area contributed by atoms with Gasteiger partial charge in [-0.15, -0.1) is 0 Å². The highest BCUT2D eigenvalue weighted by Gasteiger charge is 2.37. The third-order valence-electron chi connectivity index (χ3n) is 4.58. The lowest BCUT2D eigenvalue weighted by Gasteiger charge is -2.20. The maximum Gasteiger partial charge on any atom is 0.340 e. The van der Waals surface area contributed by atoms with Crippen molar-refractivity contribution in [3.05, 3.63) is 40.6 Å². The van der Waals surface area contributed by atoms with Crippen LogP contribution in [0.25, 0.3) is 6.08 Å². The highest BCUT2D eigenvalue weighted by molar-refractivity contribution is 6.16.